The van der Waals surface area contributed by atoms with Crippen molar-refractivity contribution in [3.63, 3.8) is 0 Å². The van der Waals surface area contributed by atoms with Gasteiger partial charge in [0.05, 0.1) is 0 Å². The smallest absolute Gasteiger partial charge is 0.407 e. The Labute approximate surface area is 137 Å². The van der Waals surface area contributed by atoms with Gasteiger partial charge in [0, 0.05) is 24.4 Å². The van der Waals surface area contributed by atoms with Gasteiger partial charge in [-0.1, -0.05) is 30.3 Å². The average Bonchev–Trinajstić information content (AvgIpc) is 3.15. The van der Waals surface area contributed by atoms with E-state index in [0.29, 0.717) is 5.92 Å². The Balaban J connectivity index is 1.70. The Bertz CT molecular complexity index is 551. The number of hydrogen-bond acceptors (Lipinski definition) is 3. The second-order valence-electron chi connectivity index (χ2n) is 7.18. The van der Waals surface area contributed by atoms with Crippen LogP contribution in [0.15, 0.2) is 30.3 Å². The predicted octanol–water partition coefficient (Wildman–Crippen LogP) is 2.96. The van der Waals surface area contributed by atoms with Crippen LogP contribution in [0.3, 0.4) is 0 Å². The van der Waals surface area contributed by atoms with Crippen LogP contribution >= 0.6 is 0 Å². The molecule has 1 aromatic rings. The molecule has 0 unspecified atom stereocenters. The predicted molar refractivity (Wildman–Crippen MR) is 89.2 cm³/mol. The van der Waals surface area contributed by atoms with Crippen LogP contribution < -0.4 is 10.6 Å². The van der Waals surface area contributed by atoms with E-state index >= 15 is 0 Å². The van der Waals surface area contributed by atoms with Gasteiger partial charge < -0.3 is 15.4 Å². The van der Waals surface area contributed by atoms with Gasteiger partial charge in [-0.25, -0.2) is 4.79 Å². The second-order valence-corrected chi connectivity index (χ2v) is 7.18. The van der Waals surface area contributed by atoms with E-state index in [9.17, 15) is 9.59 Å². The minimum Gasteiger partial charge on any atom is -0.444 e. The van der Waals surface area contributed by atoms with Gasteiger partial charge in [0.2, 0.25) is 5.91 Å². The molecule has 5 heteroatoms. The molecule has 5 nitrogen and oxygen atoms in total. The number of hydrogen-bond donors (Lipinski definition) is 2. The highest BCUT2D eigenvalue weighted by molar-refractivity contribution is 5.78. The Morgan fingerprint density at radius 3 is 2.52 bits per heavy atom. The zero-order valence-corrected chi connectivity index (χ0v) is 14.3. The van der Waals surface area contributed by atoms with Crippen molar-refractivity contribution in [2.75, 3.05) is 0 Å². The summed E-state index contributed by atoms with van der Waals surface area (Å²) in [6.07, 6.45) is 0.729. The van der Waals surface area contributed by atoms with Gasteiger partial charge in [-0.15, -0.1) is 0 Å². The fraction of sp³-hybridized carbons (Fsp3) is 0.556. The molecule has 1 aromatic carbocycles. The maximum Gasteiger partial charge on any atom is 0.407 e. The van der Waals surface area contributed by atoms with Crippen LogP contribution in [0.1, 0.15) is 52.0 Å². The van der Waals surface area contributed by atoms with Crippen LogP contribution in [0.4, 0.5) is 4.79 Å². The van der Waals surface area contributed by atoms with Crippen LogP contribution in [0.2, 0.25) is 0 Å². The molecule has 1 aliphatic rings. The molecule has 23 heavy (non-hydrogen) atoms. The highest BCUT2D eigenvalue weighted by Crippen LogP contribution is 2.40. The first-order valence-electron chi connectivity index (χ1n) is 8.08. The molecule has 2 amide bonds. The summed E-state index contributed by atoms with van der Waals surface area (Å²) >= 11 is 0. The summed E-state index contributed by atoms with van der Waals surface area (Å²) in [7, 11) is 0. The van der Waals surface area contributed by atoms with Crippen molar-refractivity contribution in [1.82, 2.24) is 10.6 Å². The highest BCUT2D eigenvalue weighted by atomic mass is 16.6. The molecular formula is C18H26N2O3. The Morgan fingerprint density at radius 2 is 1.91 bits per heavy atom. The largest absolute Gasteiger partial charge is 0.444 e. The van der Waals surface area contributed by atoms with Crippen LogP contribution in [0.5, 0.6) is 0 Å². The van der Waals surface area contributed by atoms with E-state index in [1.165, 1.54) is 5.56 Å². The number of nitrogens with one attached hydrogen (secondary N) is 2. The quantitative estimate of drug-likeness (QED) is 0.877. The molecular weight excluding hydrogens is 292 g/mol. The van der Waals surface area contributed by atoms with Crippen LogP contribution in [-0.4, -0.2) is 29.7 Å². The first kappa shape index (κ1) is 17.3. The number of amides is 2. The normalized spacial score (nSPS) is 21.2. The van der Waals surface area contributed by atoms with Gasteiger partial charge >= 0.3 is 6.09 Å². The van der Waals surface area contributed by atoms with E-state index in [1.54, 1.807) is 27.7 Å². The molecule has 2 rings (SSSR count). The van der Waals surface area contributed by atoms with Crippen molar-refractivity contribution in [2.45, 2.75) is 64.1 Å². The number of alkyl carbamates (subject to hydrolysis) is 1. The molecule has 3 atom stereocenters. The average molecular weight is 318 g/mol. The molecule has 1 fully saturated rings. The molecule has 0 aromatic heterocycles. The molecule has 0 spiro atoms. The zero-order valence-electron chi connectivity index (χ0n) is 14.3. The monoisotopic (exact) mass is 318 g/mol. The van der Waals surface area contributed by atoms with Gasteiger partial charge in [-0.2, -0.15) is 0 Å². The van der Waals surface area contributed by atoms with Crippen molar-refractivity contribution in [3.05, 3.63) is 35.9 Å². The van der Waals surface area contributed by atoms with Crippen molar-refractivity contribution < 1.29 is 14.3 Å². The topological polar surface area (TPSA) is 67.4 Å². The van der Waals surface area contributed by atoms with Crippen LogP contribution in [-0.2, 0) is 9.53 Å². The van der Waals surface area contributed by atoms with Crippen molar-refractivity contribution >= 4 is 12.0 Å². The fourth-order valence-corrected chi connectivity index (χ4v) is 2.53. The third kappa shape index (κ3) is 5.93. The summed E-state index contributed by atoms with van der Waals surface area (Å²) < 4.78 is 5.18. The minimum atomic E-state index is -0.539. The SMILES string of the molecule is C[C@H](CC(=O)N[C@@H]1C[C@@H]1c1ccccc1)NC(=O)OC(C)(C)C. The maximum atomic E-state index is 12.0. The summed E-state index contributed by atoms with van der Waals surface area (Å²) in [6.45, 7) is 7.22. The molecule has 0 saturated heterocycles. The Kier molecular flexibility index (Phi) is 5.29. The molecule has 0 radical (unpaired) electrons. The van der Waals surface area contributed by atoms with E-state index in [0.717, 1.165) is 6.42 Å². The molecule has 1 aliphatic carbocycles. The van der Waals surface area contributed by atoms with E-state index in [-0.39, 0.29) is 24.4 Å². The lowest BCUT2D eigenvalue weighted by Gasteiger charge is -2.21. The number of carbonyl (C=O) groups excluding carboxylic acids is 2. The van der Waals surface area contributed by atoms with Gasteiger partial charge in [0.15, 0.2) is 0 Å². The lowest BCUT2D eigenvalue weighted by atomic mass is 10.1. The zero-order chi connectivity index (χ0) is 17.0. The van der Waals surface area contributed by atoms with Gasteiger partial charge in [-0.05, 0) is 39.7 Å². The van der Waals surface area contributed by atoms with Gasteiger partial charge in [-0.3, -0.25) is 4.79 Å². The summed E-state index contributed by atoms with van der Waals surface area (Å²) in [5.41, 5.74) is 0.723. The van der Waals surface area contributed by atoms with E-state index in [2.05, 4.69) is 22.8 Å². The number of rotatable bonds is 5. The minimum absolute atomic E-state index is 0.0445. The lowest BCUT2D eigenvalue weighted by Crippen LogP contribution is -2.40. The number of ether oxygens (including phenoxy) is 1. The second kappa shape index (κ2) is 7.02. The van der Waals surface area contributed by atoms with Crippen LogP contribution in [0.25, 0.3) is 0 Å². The Hall–Kier alpha value is -2.04. The Morgan fingerprint density at radius 1 is 1.26 bits per heavy atom. The third-order valence-corrected chi connectivity index (χ3v) is 3.62. The van der Waals surface area contributed by atoms with E-state index in [4.69, 9.17) is 4.74 Å². The first-order chi connectivity index (χ1) is 10.7. The highest BCUT2D eigenvalue weighted by Gasteiger charge is 2.39. The summed E-state index contributed by atoms with van der Waals surface area (Å²) in [5.74, 6) is 0.367. The molecule has 2 N–H and O–H groups in total. The van der Waals surface area contributed by atoms with Gasteiger partial charge in [0.25, 0.3) is 0 Å². The standard InChI is InChI=1S/C18H26N2O3/c1-12(19-17(22)23-18(2,3)4)10-16(21)20-15-11-14(15)13-8-6-5-7-9-13/h5-9,12,14-15H,10-11H2,1-4H3,(H,19,22)(H,20,21)/t12-,14-,15-/m1/s1. The molecule has 1 saturated carbocycles. The van der Waals surface area contributed by atoms with Gasteiger partial charge in [0.1, 0.15) is 5.60 Å². The van der Waals surface area contributed by atoms with Crippen molar-refractivity contribution in [3.8, 4) is 0 Å². The maximum absolute atomic E-state index is 12.0. The molecule has 0 bridgehead atoms. The number of benzene rings is 1. The summed E-state index contributed by atoms with van der Waals surface area (Å²) in [4.78, 5) is 23.7. The van der Waals surface area contributed by atoms with E-state index < -0.39 is 11.7 Å². The van der Waals surface area contributed by atoms with Crippen LogP contribution in [0, 0.1) is 0 Å². The molecule has 0 heterocycles. The fourth-order valence-electron chi connectivity index (χ4n) is 2.53. The summed E-state index contributed by atoms with van der Waals surface area (Å²) in [6, 6.07) is 10.1. The first-order valence-corrected chi connectivity index (χ1v) is 8.08. The van der Waals surface area contributed by atoms with Crippen molar-refractivity contribution in [2.24, 2.45) is 0 Å². The number of carbonyl (C=O) groups is 2. The van der Waals surface area contributed by atoms with E-state index in [1.807, 2.05) is 18.2 Å². The van der Waals surface area contributed by atoms with Crippen molar-refractivity contribution in [1.29, 1.82) is 0 Å². The third-order valence-electron chi connectivity index (χ3n) is 3.62. The summed E-state index contributed by atoms with van der Waals surface area (Å²) in [5, 5.41) is 5.71. The lowest BCUT2D eigenvalue weighted by molar-refractivity contribution is -0.121. The molecule has 126 valence electrons. The molecule has 0 aliphatic heterocycles.